The lowest BCUT2D eigenvalue weighted by molar-refractivity contribution is -0.123. The van der Waals surface area contributed by atoms with Gasteiger partial charge in [-0.25, -0.2) is 14.2 Å². The normalized spacial score (nSPS) is 15.2. The Bertz CT molecular complexity index is 3380. The first-order valence-corrected chi connectivity index (χ1v) is 27.0. The third-order valence-corrected chi connectivity index (χ3v) is 16.2. The Labute approximate surface area is 451 Å². The van der Waals surface area contributed by atoms with Crippen LogP contribution in [-0.4, -0.2) is 102 Å². The molecule has 2 aliphatic rings. The van der Waals surface area contributed by atoms with Crippen molar-refractivity contribution in [1.82, 2.24) is 34.9 Å². The van der Waals surface area contributed by atoms with E-state index in [1.165, 1.54) is 10.9 Å². The van der Waals surface area contributed by atoms with E-state index in [0.717, 1.165) is 63.3 Å². The second kappa shape index (κ2) is 20.6. The highest BCUT2D eigenvalue weighted by atomic mass is 35.5. The van der Waals surface area contributed by atoms with E-state index in [1.54, 1.807) is 28.4 Å². The summed E-state index contributed by atoms with van der Waals surface area (Å²) < 4.78 is 25.2. The molecule has 9 rings (SSSR count). The van der Waals surface area contributed by atoms with E-state index in [-0.39, 0.29) is 34.2 Å². The van der Waals surface area contributed by atoms with Crippen LogP contribution < -0.4 is 15.1 Å². The number of anilines is 2. The molecule has 1 saturated heterocycles. The summed E-state index contributed by atoms with van der Waals surface area (Å²) in [4.78, 5) is 49.5. The zero-order chi connectivity index (χ0) is 53.9. The van der Waals surface area contributed by atoms with Crippen molar-refractivity contribution in [3.05, 3.63) is 116 Å². The molecule has 0 aliphatic carbocycles. The molecule has 4 aromatic carbocycles. The zero-order valence-corrected chi connectivity index (χ0v) is 46.9. The molecule has 18 heteroatoms. The number of phenolic OH excluding ortho intramolecular Hbond substituents is 1. The number of halogens is 3. The zero-order valence-electron chi connectivity index (χ0n) is 44.5. The number of thiophene rings is 1. The lowest BCUT2D eigenvalue weighted by atomic mass is 9.91. The maximum Gasteiger partial charge on any atom is 0.410 e. The number of nitrogens with one attached hydrogen (secondary N) is 1. The number of nitrogens with zero attached hydrogens (tertiary/aromatic N) is 9. The molecular formula is C57H65Cl2FN10O4S. The number of aliphatic imine (C=N–C) groups is 1. The summed E-state index contributed by atoms with van der Waals surface area (Å²) >= 11 is 15.0. The van der Waals surface area contributed by atoms with Crippen molar-refractivity contribution >= 4 is 85.7 Å². The van der Waals surface area contributed by atoms with Crippen LogP contribution in [0, 0.1) is 26.6 Å². The fourth-order valence-electron chi connectivity index (χ4n) is 10.1. The van der Waals surface area contributed by atoms with E-state index in [1.807, 2.05) is 107 Å². The van der Waals surface area contributed by atoms with Gasteiger partial charge >= 0.3 is 6.09 Å². The molecule has 0 saturated carbocycles. The van der Waals surface area contributed by atoms with Crippen LogP contribution in [0.1, 0.15) is 120 Å². The highest BCUT2D eigenvalue weighted by Gasteiger charge is 2.35. The van der Waals surface area contributed by atoms with Crippen LogP contribution in [0.4, 0.5) is 21.0 Å². The van der Waals surface area contributed by atoms with Gasteiger partial charge in [-0.05, 0) is 134 Å². The molecule has 3 aromatic heterocycles. The molecule has 0 bridgehead atoms. The number of phenols is 1. The summed E-state index contributed by atoms with van der Waals surface area (Å²) in [7, 11) is 1.92. The van der Waals surface area contributed by atoms with Crippen LogP contribution in [0.2, 0.25) is 10.0 Å². The molecule has 2 aliphatic heterocycles. The van der Waals surface area contributed by atoms with E-state index in [4.69, 9.17) is 42.9 Å². The van der Waals surface area contributed by atoms with E-state index < -0.39 is 34.6 Å². The molecule has 394 valence electrons. The second-order valence-corrected chi connectivity index (χ2v) is 24.1. The van der Waals surface area contributed by atoms with E-state index in [0.29, 0.717) is 66.2 Å². The Morgan fingerprint density at radius 2 is 1.57 bits per heavy atom. The summed E-state index contributed by atoms with van der Waals surface area (Å²) in [5.41, 5.74) is 2.80. The number of piperazine rings is 1. The minimum Gasteiger partial charge on any atom is -0.508 e. The average Bonchev–Trinajstić information content (AvgIpc) is 3.83. The lowest BCUT2D eigenvalue weighted by Crippen LogP contribution is -2.50. The van der Waals surface area contributed by atoms with Crippen molar-refractivity contribution in [2.45, 2.75) is 124 Å². The second-order valence-electron chi connectivity index (χ2n) is 22.1. The Balaban J connectivity index is 0.932. The van der Waals surface area contributed by atoms with Crippen molar-refractivity contribution in [2.24, 2.45) is 4.99 Å². The predicted molar refractivity (Wildman–Crippen MR) is 300 cm³/mol. The molecule has 75 heavy (non-hydrogen) atoms. The van der Waals surface area contributed by atoms with E-state index >= 15 is 4.39 Å². The van der Waals surface area contributed by atoms with Crippen LogP contribution in [-0.2, 0) is 9.53 Å². The Morgan fingerprint density at radius 3 is 2.28 bits per heavy atom. The number of fused-ring (bicyclic) bond motifs is 5. The standard InChI is InChI=1S/C57H65Cl2FN10O4S/c1-32-33(2)75-52-45(32)48(35-18-20-37(58)21-19-35)61-43(51-66-65-34(3)70(51)52)31-44(72)64-56(7,8)22-14-15-23-57(9,10)67(11)53-62-49-41(50(63-53)68-24-26-69(27-25-68)54(73)74-55(4,5)6)30-42(59)46(47(49)60)40-29-38(71)28-36-16-12-13-17-39(36)40/h12-13,16-21,28-30,43,71H,14-15,22-27,31H2,1-11H3,(H,64,72)/t43-/m0/s1. The van der Waals surface area contributed by atoms with Gasteiger partial charge in [0.2, 0.25) is 11.9 Å². The number of carbonyl (C=O) groups excluding carboxylic acids is 2. The van der Waals surface area contributed by atoms with Gasteiger partial charge in [-0.2, -0.15) is 4.98 Å². The summed E-state index contributed by atoms with van der Waals surface area (Å²) in [6.07, 6.45) is 2.73. The number of hydrogen-bond donors (Lipinski definition) is 2. The molecule has 0 radical (unpaired) electrons. The quantitative estimate of drug-likeness (QED) is 0.107. The number of aromatic nitrogens is 5. The number of hydrogen-bond acceptors (Lipinski definition) is 12. The van der Waals surface area contributed by atoms with Gasteiger partial charge in [0.1, 0.15) is 39.6 Å². The molecule has 0 unspecified atom stereocenters. The SMILES string of the molecule is Cc1sc2c(c1C)C(c1ccc(Cl)cc1)=N[C@@H](CC(=O)NC(C)(C)CCCCC(C)(C)N(C)c1nc(N3CCN(C(=O)OC(C)(C)C)CC3)c3cc(Cl)c(-c4cc(O)cc5ccccc45)c(F)c3n1)c1nnc(C)n1-2. The van der Waals surface area contributed by atoms with Gasteiger partial charge < -0.3 is 29.9 Å². The van der Waals surface area contributed by atoms with Crippen LogP contribution in [0.25, 0.3) is 37.8 Å². The molecule has 2 N–H and O–H groups in total. The van der Waals surface area contributed by atoms with Gasteiger partial charge in [-0.3, -0.25) is 14.4 Å². The largest absolute Gasteiger partial charge is 0.508 e. The van der Waals surface area contributed by atoms with Crippen LogP contribution in [0.3, 0.4) is 0 Å². The number of ether oxygens (including phenoxy) is 1. The van der Waals surface area contributed by atoms with Crippen molar-refractivity contribution < 1.29 is 23.8 Å². The Morgan fingerprint density at radius 1 is 0.880 bits per heavy atom. The molecule has 7 aromatic rings. The Hall–Kier alpha value is -6.36. The topological polar surface area (TPSA) is 154 Å². The third kappa shape index (κ3) is 11.0. The number of carbonyl (C=O) groups is 2. The smallest absolute Gasteiger partial charge is 0.410 e. The van der Waals surface area contributed by atoms with Crippen molar-refractivity contribution in [3.63, 3.8) is 0 Å². The van der Waals surface area contributed by atoms with Gasteiger partial charge in [0.25, 0.3) is 0 Å². The number of aryl methyl sites for hydroxylation is 2. The third-order valence-electron chi connectivity index (χ3n) is 14.5. The van der Waals surface area contributed by atoms with Gasteiger partial charge in [0.15, 0.2) is 11.6 Å². The van der Waals surface area contributed by atoms with Gasteiger partial charge in [-0.1, -0.05) is 72.4 Å². The van der Waals surface area contributed by atoms with Gasteiger partial charge in [0.05, 0.1) is 17.2 Å². The number of rotatable bonds is 13. The lowest BCUT2D eigenvalue weighted by Gasteiger charge is -2.38. The first-order chi connectivity index (χ1) is 35.4. The molecule has 14 nitrogen and oxygen atoms in total. The summed E-state index contributed by atoms with van der Waals surface area (Å²) in [6.45, 7) is 21.5. The Kier molecular flexibility index (Phi) is 14.7. The molecular weight excluding hydrogens is 1010 g/mol. The minimum absolute atomic E-state index is 0.0172. The molecule has 0 spiro atoms. The monoisotopic (exact) mass is 1070 g/mol. The highest BCUT2D eigenvalue weighted by Crippen LogP contribution is 2.44. The first kappa shape index (κ1) is 53.5. The van der Waals surface area contributed by atoms with Crippen molar-refractivity contribution in [1.29, 1.82) is 0 Å². The van der Waals surface area contributed by atoms with Crippen LogP contribution in [0.15, 0.2) is 71.7 Å². The number of amides is 2. The van der Waals surface area contributed by atoms with E-state index in [2.05, 4.69) is 47.8 Å². The highest BCUT2D eigenvalue weighted by molar-refractivity contribution is 7.15. The average molecular weight is 1080 g/mol. The molecule has 1 atom stereocenters. The van der Waals surface area contributed by atoms with Crippen LogP contribution >= 0.6 is 34.5 Å². The van der Waals surface area contributed by atoms with Gasteiger partial charge in [0, 0.05) is 76.3 Å². The summed E-state index contributed by atoms with van der Waals surface area (Å²) in [5.74, 6) is 1.39. The number of unbranched alkanes of at least 4 members (excludes halogenated alkanes) is 1. The fourth-order valence-corrected chi connectivity index (χ4v) is 11.7. The number of benzene rings is 4. The van der Waals surface area contributed by atoms with E-state index in [9.17, 15) is 14.7 Å². The molecule has 5 heterocycles. The molecule has 2 amide bonds. The van der Waals surface area contributed by atoms with Crippen LogP contribution in [0.5, 0.6) is 5.75 Å². The van der Waals surface area contributed by atoms with Crippen molar-refractivity contribution in [2.75, 3.05) is 43.0 Å². The van der Waals surface area contributed by atoms with Gasteiger partial charge in [-0.15, -0.1) is 21.5 Å². The maximum absolute atomic E-state index is 17.5. The fraction of sp³-hybridized carbons (Fsp3) is 0.421. The first-order valence-electron chi connectivity index (χ1n) is 25.5. The molecule has 1 fully saturated rings. The number of aromatic hydroxyl groups is 1. The maximum atomic E-state index is 17.5. The summed E-state index contributed by atoms with van der Waals surface area (Å²) in [5, 5.41) is 26.8. The van der Waals surface area contributed by atoms with Crippen molar-refractivity contribution in [3.8, 4) is 21.9 Å². The summed E-state index contributed by atoms with van der Waals surface area (Å²) in [6, 6.07) is 19.4. The predicted octanol–water partition coefficient (Wildman–Crippen LogP) is 12.9. The minimum atomic E-state index is -0.642.